The largest absolute Gasteiger partial charge is 0.369 e. The first-order chi connectivity index (χ1) is 9.41. The summed E-state index contributed by atoms with van der Waals surface area (Å²) in [5, 5.41) is 4.25. The quantitative estimate of drug-likeness (QED) is 0.900. The molecule has 2 rings (SSSR count). The molecule has 2 unspecified atom stereocenters. The van der Waals surface area contributed by atoms with Crippen molar-refractivity contribution in [2.75, 3.05) is 0 Å². The van der Waals surface area contributed by atoms with E-state index in [0.717, 1.165) is 24.8 Å². The molecule has 1 fully saturated rings. The van der Waals surface area contributed by atoms with Gasteiger partial charge in [0.1, 0.15) is 6.10 Å². The van der Waals surface area contributed by atoms with Crippen molar-refractivity contribution in [3.63, 3.8) is 0 Å². The normalized spacial score (nSPS) is 22.6. The van der Waals surface area contributed by atoms with Crippen molar-refractivity contribution < 1.29 is 4.74 Å². The maximum atomic E-state index is 6.36. The third-order valence-corrected chi connectivity index (χ3v) is 4.54. The molecule has 0 amide bonds. The Morgan fingerprint density at radius 3 is 2.60 bits per heavy atom. The van der Waals surface area contributed by atoms with Crippen LogP contribution in [0.15, 0.2) is 12.4 Å². The van der Waals surface area contributed by atoms with Crippen LogP contribution < -0.4 is 5.73 Å². The van der Waals surface area contributed by atoms with E-state index in [0.29, 0.717) is 11.5 Å². The van der Waals surface area contributed by atoms with Gasteiger partial charge in [0.2, 0.25) is 0 Å². The summed E-state index contributed by atoms with van der Waals surface area (Å²) in [5.41, 5.74) is 7.84. The number of aryl methyl sites for hydroxylation is 1. The van der Waals surface area contributed by atoms with Gasteiger partial charge in [0.15, 0.2) is 0 Å². The highest BCUT2D eigenvalue weighted by molar-refractivity contribution is 5.11. The fourth-order valence-electron chi connectivity index (χ4n) is 2.94. The SMILES string of the molecule is CCC(N)C(OC1CCC(C)(C)CC1)c1cnn(C)c1. The van der Waals surface area contributed by atoms with Gasteiger partial charge in [-0.25, -0.2) is 0 Å². The molecule has 2 atom stereocenters. The first kappa shape index (κ1) is 15.5. The van der Waals surface area contributed by atoms with Gasteiger partial charge in [-0.3, -0.25) is 4.68 Å². The first-order valence-corrected chi connectivity index (χ1v) is 7.81. The Bertz CT molecular complexity index is 417. The molecule has 0 radical (unpaired) electrons. The summed E-state index contributed by atoms with van der Waals surface area (Å²) < 4.78 is 8.18. The Hall–Kier alpha value is -0.870. The van der Waals surface area contributed by atoms with E-state index >= 15 is 0 Å². The third kappa shape index (κ3) is 3.83. The Labute approximate surface area is 122 Å². The van der Waals surface area contributed by atoms with Crippen LogP contribution in [0.25, 0.3) is 0 Å². The van der Waals surface area contributed by atoms with E-state index in [-0.39, 0.29) is 12.1 Å². The second-order valence-corrected chi connectivity index (χ2v) is 6.94. The summed E-state index contributed by atoms with van der Waals surface area (Å²) in [7, 11) is 1.93. The van der Waals surface area contributed by atoms with E-state index in [1.807, 2.05) is 24.1 Å². The molecule has 4 heteroatoms. The zero-order valence-corrected chi connectivity index (χ0v) is 13.3. The minimum atomic E-state index is -0.0279. The smallest absolute Gasteiger partial charge is 0.101 e. The summed E-state index contributed by atoms with van der Waals surface area (Å²) in [5.74, 6) is 0. The fraction of sp³-hybridized carbons (Fsp3) is 0.812. The van der Waals surface area contributed by atoms with Gasteiger partial charge in [-0.2, -0.15) is 5.10 Å². The summed E-state index contributed by atoms with van der Waals surface area (Å²) in [6.07, 6.45) is 9.88. The van der Waals surface area contributed by atoms with Crippen molar-refractivity contribution in [3.8, 4) is 0 Å². The van der Waals surface area contributed by atoms with Crippen LogP contribution in [0, 0.1) is 5.41 Å². The van der Waals surface area contributed by atoms with Crippen LogP contribution in [0.5, 0.6) is 0 Å². The molecule has 1 aliphatic rings. The lowest BCUT2D eigenvalue weighted by molar-refractivity contribution is -0.0575. The van der Waals surface area contributed by atoms with Crippen LogP contribution in [-0.4, -0.2) is 21.9 Å². The lowest BCUT2D eigenvalue weighted by atomic mass is 9.76. The van der Waals surface area contributed by atoms with Crippen LogP contribution in [0.1, 0.15) is 64.5 Å². The average Bonchev–Trinajstić information content (AvgIpc) is 2.83. The molecule has 0 saturated heterocycles. The van der Waals surface area contributed by atoms with Gasteiger partial charge in [-0.1, -0.05) is 20.8 Å². The summed E-state index contributed by atoms with van der Waals surface area (Å²) in [6, 6.07) is 0.0362. The molecular formula is C16H29N3O. The van der Waals surface area contributed by atoms with Gasteiger partial charge >= 0.3 is 0 Å². The van der Waals surface area contributed by atoms with Crippen molar-refractivity contribution in [1.29, 1.82) is 0 Å². The lowest BCUT2D eigenvalue weighted by Gasteiger charge is -2.36. The number of rotatable bonds is 5. The first-order valence-electron chi connectivity index (χ1n) is 7.81. The Morgan fingerprint density at radius 1 is 1.45 bits per heavy atom. The monoisotopic (exact) mass is 279 g/mol. The molecule has 1 saturated carbocycles. The van der Waals surface area contributed by atoms with Crippen molar-refractivity contribution in [2.45, 2.75) is 71.1 Å². The van der Waals surface area contributed by atoms with Crippen molar-refractivity contribution in [1.82, 2.24) is 9.78 Å². The van der Waals surface area contributed by atoms with Gasteiger partial charge < -0.3 is 10.5 Å². The standard InChI is InChI=1S/C16H29N3O/c1-5-14(17)15(12-10-18-19(4)11-12)20-13-6-8-16(2,3)9-7-13/h10-11,13-15H,5-9,17H2,1-4H3. The van der Waals surface area contributed by atoms with E-state index in [1.165, 1.54) is 12.8 Å². The zero-order chi connectivity index (χ0) is 14.8. The Balaban J connectivity index is 2.02. The lowest BCUT2D eigenvalue weighted by Crippen LogP contribution is -2.34. The van der Waals surface area contributed by atoms with Gasteiger partial charge in [0.05, 0.1) is 12.3 Å². The molecule has 0 aromatic carbocycles. The zero-order valence-electron chi connectivity index (χ0n) is 13.3. The van der Waals surface area contributed by atoms with Gasteiger partial charge in [0, 0.05) is 24.8 Å². The van der Waals surface area contributed by atoms with E-state index in [2.05, 4.69) is 25.9 Å². The molecule has 20 heavy (non-hydrogen) atoms. The number of hydrogen-bond acceptors (Lipinski definition) is 3. The highest BCUT2D eigenvalue weighted by Gasteiger charge is 2.31. The Kier molecular flexibility index (Phi) is 4.86. The minimum absolute atomic E-state index is 0.0279. The van der Waals surface area contributed by atoms with Gasteiger partial charge in [0.25, 0.3) is 0 Å². The average molecular weight is 279 g/mol. The van der Waals surface area contributed by atoms with Gasteiger partial charge in [-0.05, 0) is 37.5 Å². The van der Waals surface area contributed by atoms with E-state index in [1.54, 1.807) is 0 Å². The Morgan fingerprint density at radius 2 is 2.10 bits per heavy atom. The number of nitrogens with zero attached hydrogens (tertiary/aromatic N) is 2. The molecule has 1 aromatic heterocycles. The molecule has 1 heterocycles. The number of nitrogens with two attached hydrogens (primary N) is 1. The van der Waals surface area contributed by atoms with Crippen LogP contribution in [0.2, 0.25) is 0 Å². The molecule has 1 aliphatic carbocycles. The molecule has 114 valence electrons. The second kappa shape index (κ2) is 6.27. The second-order valence-electron chi connectivity index (χ2n) is 6.94. The molecule has 0 bridgehead atoms. The predicted octanol–water partition coefficient (Wildman–Crippen LogP) is 3.18. The molecule has 0 aliphatic heterocycles. The topological polar surface area (TPSA) is 53.1 Å². The van der Waals surface area contributed by atoms with Crippen molar-refractivity contribution in [2.24, 2.45) is 18.2 Å². The van der Waals surface area contributed by atoms with Crippen LogP contribution in [0.4, 0.5) is 0 Å². The number of hydrogen-bond donors (Lipinski definition) is 1. The van der Waals surface area contributed by atoms with E-state index < -0.39 is 0 Å². The van der Waals surface area contributed by atoms with Crippen LogP contribution >= 0.6 is 0 Å². The molecule has 4 nitrogen and oxygen atoms in total. The third-order valence-electron chi connectivity index (χ3n) is 4.54. The van der Waals surface area contributed by atoms with Crippen LogP contribution in [-0.2, 0) is 11.8 Å². The highest BCUT2D eigenvalue weighted by atomic mass is 16.5. The van der Waals surface area contributed by atoms with E-state index in [9.17, 15) is 0 Å². The fourth-order valence-corrected chi connectivity index (χ4v) is 2.94. The maximum Gasteiger partial charge on any atom is 0.101 e. The predicted molar refractivity (Wildman–Crippen MR) is 81.3 cm³/mol. The van der Waals surface area contributed by atoms with Gasteiger partial charge in [-0.15, -0.1) is 0 Å². The molecule has 2 N–H and O–H groups in total. The number of aromatic nitrogens is 2. The maximum absolute atomic E-state index is 6.36. The van der Waals surface area contributed by atoms with Crippen molar-refractivity contribution in [3.05, 3.63) is 18.0 Å². The summed E-state index contributed by atoms with van der Waals surface area (Å²) in [4.78, 5) is 0. The minimum Gasteiger partial charge on any atom is -0.369 e. The number of ether oxygens (including phenoxy) is 1. The molecule has 0 spiro atoms. The highest BCUT2D eigenvalue weighted by Crippen LogP contribution is 2.38. The van der Waals surface area contributed by atoms with Crippen LogP contribution in [0.3, 0.4) is 0 Å². The van der Waals surface area contributed by atoms with Crippen molar-refractivity contribution >= 4 is 0 Å². The summed E-state index contributed by atoms with van der Waals surface area (Å²) >= 11 is 0. The molecular weight excluding hydrogens is 250 g/mol. The molecule has 1 aromatic rings. The summed E-state index contributed by atoms with van der Waals surface area (Å²) in [6.45, 7) is 6.81. The van der Waals surface area contributed by atoms with E-state index in [4.69, 9.17) is 10.5 Å².